The van der Waals surface area contributed by atoms with Crippen LogP contribution in [0.4, 0.5) is 0 Å². The molecule has 2 aromatic heterocycles. The summed E-state index contributed by atoms with van der Waals surface area (Å²) in [6, 6.07) is 3.27. The number of H-pyrrole nitrogens is 1. The molecule has 0 radical (unpaired) electrons. The summed E-state index contributed by atoms with van der Waals surface area (Å²) in [7, 11) is 1.74. The molecule has 2 heterocycles. The molecular formula is C11H10Br2N4O2. The van der Waals surface area contributed by atoms with Crippen LogP contribution in [0.15, 0.2) is 33.5 Å². The highest BCUT2D eigenvalue weighted by molar-refractivity contribution is 9.10. The Morgan fingerprint density at radius 3 is 2.37 bits per heavy atom. The highest BCUT2D eigenvalue weighted by Gasteiger charge is 2.13. The number of rotatable bonds is 2. The van der Waals surface area contributed by atoms with E-state index in [1.165, 1.54) is 0 Å². The average molecular weight is 390 g/mol. The lowest BCUT2D eigenvalue weighted by molar-refractivity contribution is 0.0840. The normalized spacial score (nSPS) is 10.3. The molecule has 19 heavy (non-hydrogen) atoms. The van der Waals surface area contributed by atoms with Crippen LogP contribution in [-0.4, -0.2) is 21.4 Å². The fourth-order valence-corrected chi connectivity index (χ4v) is 2.36. The molecule has 0 bridgehead atoms. The van der Waals surface area contributed by atoms with Gasteiger partial charge in [0.1, 0.15) is 11.4 Å². The van der Waals surface area contributed by atoms with Gasteiger partial charge in [-0.05, 0) is 44.0 Å². The zero-order valence-electron chi connectivity index (χ0n) is 9.83. The lowest BCUT2D eigenvalue weighted by atomic mass is 10.4. The van der Waals surface area contributed by atoms with Crippen molar-refractivity contribution in [1.29, 1.82) is 0 Å². The van der Waals surface area contributed by atoms with E-state index in [0.717, 1.165) is 8.95 Å². The molecule has 0 unspecified atom stereocenters. The molecule has 0 fully saturated rings. The summed E-state index contributed by atoms with van der Waals surface area (Å²) in [5, 5.41) is 0. The summed E-state index contributed by atoms with van der Waals surface area (Å²) >= 11 is 6.49. The van der Waals surface area contributed by atoms with Crippen LogP contribution >= 0.6 is 31.9 Å². The van der Waals surface area contributed by atoms with Crippen LogP contribution in [0.5, 0.6) is 0 Å². The van der Waals surface area contributed by atoms with Gasteiger partial charge in [-0.3, -0.25) is 20.4 Å². The maximum Gasteiger partial charge on any atom is 0.286 e. The Labute approximate surface area is 125 Å². The summed E-state index contributed by atoms with van der Waals surface area (Å²) < 4.78 is 3.20. The van der Waals surface area contributed by atoms with Crippen molar-refractivity contribution < 1.29 is 9.59 Å². The van der Waals surface area contributed by atoms with E-state index in [4.69, 9.17) is 0 Å². The first-order chi connectivity index (χ1) is 8.97. The minimum Gasteiger partial charge on any atom is -0.356 e. The van der Waals surface area contributed by atoms with Gasteiger partial charge in [0.05, 0.1) is 0 Å². The van der Waals surface area contributed by atoms with E-state index in [1.54, 1.807) is 36.1 Å². The molecule has 100 valence electrons. The van der Waals surface area contributed by atoms with E-state index in [2.05, 4.69) is 47.7 Å². The second kappa shape index (κ2) is 5.62. The first kappa shape index (κ1) is 13.9. The van der Waals surface area contributed by atoms with Crippen LogP contribution in [0.2, 0.25) is 0 Å². The van der Waals surface area contributed by atoms with Gasteiger partial charge in [0.2, 0.25) is 0 Å². The first-order valence-electron chi connectivity index (χ1n) is 5.24. The van der Waals surface area contributed by atoms with Crippen LogP contribution in [-0.2, 0) is 7.05 Å². The molecule has 6 nitrogen and oxygen atoms in total. The molecule has 0 aromatic carbocycles. The van der Waals surface area contributed by atoms with E-state index >= 15 is 0 Å². The van der Waals surface area contributed by atoms with Crippen molar-refractivity contribution in [3.63, 3.8) is 0 Å². The van der Waals surface area contributed by atoms with Crippen molar-refractivity contribution in [2.24, 2.45) is 7.05 Å². The molecule has 0 atom stereocenters. The number of amides is 2. The van der Waals surface area contributed by atoms with E-state index in [0.29, 0.717) is 11.4 Å². The fourth-order valence-electron chi connectivity index (χ4n) is 1.49. The average Bonchev–Trinajstić information content (AvgIpc) is 2.92. The number of halogens is 2. The predicted molar refractivity (Wildman–Crippen MR) is 76.5 cm³/mol. The first-order valence-corrected chi connectivity index (χ1v) is 6.82. The third-order valence-corrected chi connectivity index (χ3v) is 3.28. The Kier molecular flexibility index (Phi) is 4.11. The lowest BCUT2D eigenvalue weighted by Crippen LogP contribution is -2.42. The zero-order valence-corrected chi connectivity index (χ0v) is 13.0. The van der Waals surface area contributed by atoms with E-state index in [1.807, 2.05) is 0 Å². The van der Waals surface area contributed by atoms with Crippen LogP contribution < -0.4 is 10.9 Å². The number of hydrogen-bond acceptors (Lipinski definition) is 2. The molecular weight excluding hydrogens is 380 g/mol. The number of nitrogens with one attached hydrogen (secondary N) is 3. The summed E-state index contributed by atoms with van der Waals surface area (Å²) in [5.41, 5.74) is 5.45. The van der Waals surface area contributed by atoms with E-state index in [9.17, 15) is 9.59 Å². The van der Waals surface area contributed by atoms with Gasteiger partial charge in [-0.15, -0.1) is 0 Å². The molecule has 0 spiro atoms. The Morgan fingerprint density at radius 1 is 1.16 bits per heavy atom. The number of carbonyl (C=O) groups is 2. The topological polar surface area (TPSA) is 78.9 Å². The van der Waals surface area contributed by atoms with Crippen LogP contribution in [0.1, 0.15) is 21.0 Å². The predicted octanol–water partition coefficient (Wildman–Crippen LogP) is 1.95. The molecule has 0 aliphatic rings. The summed E-state index contributed by atoms with van der Waals surface area (Å²) in [5.74, 6) is -0.820. The lowest BCUT2D eigenvalue weighted by Gasteiger charge is -2.06. The number of hydrogen-bond donors (Lipinski definition) is 3. The quantitative estimate of drug-likeness (QED) is 0.686. The second-order valence-corrected chi connectivity index (χ2v) is 5.63. The van der Waals surface area contributed by atoms with Crippen LogP contribution in [0, 0.1) is 0 Å². The van der Waals surface area contributed by atoms with Crippen LogP contribution in [0.3, 0.4) is 0 Å². The minimum absolute atomic E-state index is 0.347. The maximum atomic E-state index is 11.8. The van der Waals surface area contributed by atoms with Gasteiger partial charge in [-0.25, -0.2) is 0 Å². The maximum absolute atomic E-state index is 11.8. The number of aromatic nitrogens is 2. The molecule has 8 heteroatoms. The van der Waals surface area contributed by atoms with E-state index < -0.39 is 11.8 Å². The molecule has 0 aliphatic heterocycles. The molecule has 2 aromatic rings. The van der Waals surface area contributed by atoms with Crippen LogP contribution in [0.25, 0.3) is 0 Å². The van der Waals surface area contributed by atoms with Crippen molar-refractivity contribution in [2.75, 3.05) is 0 Å². The molecule has 0 saturated carbocycles. The largest absolute Gasteiger partial charge is 0.356 e. The highest BCUT2D eigenvalue weighted by Crippen LogP contribution is 2.13. The number of nitrogens with zero attached hydrogens (tertiary/aromatic N) is 1. The van der Waals surface area contributed by atoms with Gasteiger partial charge in [0.25, 0.3) is 11.8 Å². The molecule has 0 aliphatic carbocycles. The van der Waals surface area contributed by atoms with Crippen molar-refractivity contribution in [1.82, 2.24) is 20.4 Å². The van der Waals surface area contributed by atoms with Gasteiger partial charge in [0.15, 0.2) is 0 Å². The number of hydrazine groups is 1. The Bertz CT molecular complexity index is 632. The molecule has 2 rings (SSSR count). The molecule has 0 saturated heterocycles. The SMILES string of the molecule is Cn1cc(Br)cc1C(=O)NNC(=O)c1cc(Br)c[nH]1. The Morgan fingerprint density at radius 2 is 1.84 bits per heavy atom. The monoisotopic (exact) mass is 388 g/mol. The standard InChI is InChI=1S/C11H10Br2N4O2/c1-17-5-7(13)3-9(17)11(19)16-15-10(18)8-2-6(12)4-14-8/h2-5,14H,1H3,(H,15,18)(H,16,19). The van der Waals surface area contributed by atoms with E-state index in [-0.39, 0.29) is 0 Å². The number of aryl methyl sites for hydroxylation is 1. The van der Waals surface area contributed by atoms with Gasteiger partial charge in [-0.2, -0.15) is 0 Å². The summed E-state index contributed by atoms with van der Waals surface area (Å²) in [6.07, 6.45) is 3.38. The summed E-state index contributed by atoms with van der Waals surface area (Å²) in [4.78, 5) is 26.3. The summed E-state index contributed by atoms with van der Waals surface area (Å²) in [6.45, 7) is 0. The zero-order chi connectivity index (χ0) is 14.0. The van der Waals surface area contributed by atoms with Crippen molar-refractivity contribution in [3.8, 4) is 0 Å². The Balaban J connectivity index is 1.97. The van der Waals surface area contributed by atoms with Gasteiger partial charge >= 0.3 is 0 Å². The smallest absolute Gasteiger partial charge is 0.286 e. The second-order valence-electron chi connectivity index (χ2n) is 3.79. The third-order valence-electron chi connectivity index (χ3n) is 2.39. The molecule has 3 N–H and O–H groups in total. The van der Waals surface area contributed by atoms with Gasteiger partial charge in [-0.1, -0.05) is 0 Å². The van der Waals surface area contributed by atoms with Crippen molar-refractivity contribution in [2.45, 2.75) is 0 Å². The van der Waals surface area contributed by atoms with Gasteiger partial charge in [0, 0.05) is 28.4 Å². The number of carbonyl (C=O) groups excluding carboxylic acids is 2. The van der Waals surface area contributed by atoms with Crippen molar-refractivity contribution in [3.05, 3.63) is 44.9 Å². The fraction of sp³-hybridized carbons (Fsp3) is 0.0909. The minimum atomic E-state index is -0.424. The number of aromatic amines is 1. The van der Waals surface area contributed by atoms with Crippen molar-refractivity contribution >= 4 is 43.7 Å². The molecule has 2 amide bonds. The third kappa shape index (κ3) is 3.27. The highest BCUT2D eigenvalue weighted by atomic mass is 79.9. The Hall–Kier alpha value is -1.54. The van der Waals surface area contributed by atoms with Gasteiger partial charge < -0.3 is 9.55 Å².